The van der Waals surface area contributed by atoms with Gasteiger partial charge in [-0.05, 0) is 12.8 Å². The van der Waals surface area contributed by atoms with E-state index < -0.39 is 16.9 Å². The lowest BCUT2D eigenvalue weighted by atomic mass is 10.2. The highest BCUT2D eigenvalue weighted by molar-refractivity contribution is 5.79. The van der Waals surface area contributed by atoms with Gasteiger partial charge in [0.2, 0.25) is 5.82 Å². The molecular weight excluding hydrogens is 252 g/mol. The average molecular weight is 270 g/mol. The standard InChI is InChI=1S/C11H18N4O4/c1-5-7-9(15(18)19)10(14(4)12-7)13(3)8(6-2)11(16)17/h8H,5-6H2,1-4H3,(H,16,17). The molecule has 1 N–H and O–H groups in total. The van der Waals surface area contributed by atoms with E-state index in [1.807, 2.05) is 0 Å². The van der Waals surface area contributed by atoms with Crippen molar-refractivity contribution in [1.29, 1.82) is 0 Å². The molecule has 8 heteroatoms. The van der Waals surface area contributed by atoms with Crippen LogP contribution in [0.4, 0.5) is 11.5 Å². The van der Waals surface area contributed by atoms with E-state index in [4.69, 9.17) is 5.11 Å². The molecule has 0 aliphatic rings. The zero-order valence-electron chi connectivity index (χ0n) is 11.5. The Morgan fingerprint density at radius 3 is 2.53 bits per heavy atom. The lowest BCUT2D eigenvalue weighted by molar-refractivity contribution is -0.384. The highest BCUT2D eigenvalue weighted by atomic mass is 16.6. The molecule has 1 unspecified atom stereocenters. The summed E-state index contributed by atoms with van der Waals surface area (Å²) in [6.45, 7) is 3.49. The van der Waals surface area contributed by atoms with E-state index in [2.05, 4.69) is 5.10 Å². The molecule has 0 saturated heterocycles. The number of hydrogen-bond acceptors (Lipinski definition) is 5. The van der Waals surface area contributed by atoms with Crippen molar-refractivity contribution in [1.82, 2.24) is 9.78 Å². The molecule has 19 heavy (non-hydrogen) atoms. The number of nitro groups is 1. The highest BCUT2D eigenvalue weighted by Gasteiger charge is 2.33. The smallest absolute Gasteiger partial charge is 0.334 e. The number of anilines is 1. The van der Waals surface area contributed by atoms with Crippen LogP contribution in [0.2, 0.25) is 0 Å². The Hall–Kier alpha value is -2.12. The Labute approximate surface area is 110 Å². The minimum absolute atomic E-state index is 0.118. The second-order valence-electron chi connectivity index (χ2n) is 4.23. The molecule has 0 saturated carbocycles. The molecule has 0 aromatic carbocycles. The first-order chi connectivity index (χ1) is 8.84. The number of carboxylic acids is 1. The molecule has 0 radical (unpaired) electrons. The SMILES string of the molecule is CCc1nn(C)c(N(C)C(CC)C(=O)O)c1[N+](=O)[O-]. The van der Waals surface area contributed by atoms with E-state index in [1.165, 1.54) is 16.6 Å². The molecule has 106 valence electrons. The maximum Gasteiger partial charge on any atom is 0.334 e. The second-order valence-corrected chi connectivity index (χ2v) is 4.23. The first-order valence-corrected chi connectivity index (χ1v) is 6.00. The Kier molecular flexibility index (Phi) is 4.47. The Balaban J connectivity index is 3.36. The van der Waals surface area contributed by atoms with Crippen LogP contribution in [0.25, 0.3) is 0 Å². The number of nitrogens with zero attached hydrogens (tertiary/aromatic N) is 4. The number of likely N-dealkylation sites (N-methyl/N-ethyl adjacent to an activating group) is 1. The van der Waals surface area contributed by atoms with E-state index in [0.29, 0.717) is 18.5 Å². The number of carbonyl (C=O) groups is 1. The van der Waals surface area contributed by atoms with Crippen molar-refractivity contribution in [3.05, 3.63) is 15.8 Å². The molecule has 0 aliphatic heterocycles. The summed E-state index contributed by atoms with van der Waals surface area (Å²) in [5.74, 6) is -0.797. The number of aryl methyl sites for hydroxylation is 2. The van der Waals surface area contributed by atoms with E-state index >= 15 is 0 Å². The minimum atomic E-state index is -1.02. The first-order valence-electron chi connectivity index (χ1n) is 6.00. The third-order valence-corrected chi connectivity index (χ3v) is 3.05. The minimum Gasteiger partial charge on any atom is -0.480 e. The van der Waals surface area contributed by atoms with Crippen LogP contribution in [0, 0.1) is 10.1 Å². The van der Waals surface area contributed by atoms with Crippen molar-refractivity contribution >= 4 is 17.5 Å². The summed E-state index contributed by atoms with van der Waals surface area (Å²) in [5.41, 5.74) is 0.238. The van der Waals surface area contributed by atoms with Gasteiger partial charge in [-0.1, -0.05) is 13.8 Å². The highest BCUT2D eigenvalue weighted by Crippen LogP contribution is 2.32. The van der Waals surface area contributed by atoms with E-state index in [1.54, 1.807) is 20.9 Å². The van der Waals surface area contributed by atoms with Gasteiger partial charge in [0.05, 0.1) is 4.92 Å². The van der Waals surface area contributed by atoms with Crippen molar-refractivity contribution < 1.29 is 14.8 Å². The molecule has 1 heterocycles. The maximum atomic E-state index is 11.2. The van der Waals surface area contributed by atoms with Crippen molar-refractivity contribution in [2.45, 2.75) is 32.7 Å². The Morgan fingerprint density at radius 2 is 2.16 bits per heavy atom. The summed E-state index contributed by atoms with van der Waals surface area (Å²) in [7, 11) is 3.11. The second kappa shape index (κ2) is 5.68. The van der Waals surface area contributed by atoms with Crippen LogP contribution in [0.3, 0.4) is 0 Å². The zero-order chi connectivity index (χ0) is 14.7. The van der Waals surface area contributed by atoms with Crippen LogP contribution < -0.4 is 4.90 Å². The third kappa shape index (κ3) is 2.67. The Morgan fingerprint density at radius 1 is 1.58 bits per heavy atom. The van der Waals surface area contributed by atoms with Gasteiger partial charge in [-0.2, -0.15) is 5.10 Å². The fourth-order valence-corrected chi connectivity index (χ4v) is 2.14. The van der Waals surface area contributed by atoms with Gasteiger partial charge in [0.25, 0.3) is 0 Å². The van der Waals surface area contributed by atoms with Crippen LogP contribution >= 0.6 is 0 Å². The fourth-order valence-electron chi connectivity index (χ4n) is 2.14. The normalized spacial score (nSPS) is 12.2. The maximum absolute atomic E-state index is 11.2. The lowest BCUT2D eigenvalue weighted by Crippen LogP contribution is -2.39. The number of rotatable bonds is 6. The number of aliphatic carboxylic acids is 1. The predicted molar refractivity (Wildman–Crippen MR) is 69.4 cm³/mol. The van der Waals surface area contributed by atoms with Crippen molar-refractivity contribution in [2.24, 2.45) is 7.05 Å². The lowest BCUT2D eigenvalue weighted by Gasteiger charge is -2.24. The molecule has 8 nitrogen and oxygen atoms in total. The number of hydrogen-bond donors (Lipinski definition) is 1. The van der Waals surface area contributed by atoms with Crippen LogP contribution in [0.15, 0.2) is 0 Å². The first kappa shape index (κ1) is 14.9. The average Bonchev–Trinajstić information content (AvgIpc) is 2.66. The zero-order valence-corrected chi connectivity index (χ0v) is 11.5. The van der Waals surface area contributed by atoms with Gasteiger partial charge in [0.15, 0.2) is 0 Å². The number of carboxylic acid groups (broad SMARTS) is 1. The van der Waals surface area contributed by atoms with Crippen LogP contribution in [0.1, 0.15) is 26.0 Å². The molecule has 1 aromatic rings. The number of aromatic nitrogens is 2. The van der Waals surface area contributed by atoms with E-state index in [-0.39, 0.29) is 11.5 Å². The molecule has 0 bridgehead atoms. The summed E-state index contributed by atoms with van der Waals surface area (Å²) >= 11 is 0. The van der Waals surface area contributed by atoms with Gasteiger partial charge in [0, 0.05) is 14.1 Å². The summed E-state index contributed by atoms with van der Waals surface area (Å²) in [6.07, 6.45) is 0.761. The molecule has 0 aliphatic carbocycles. The Bertz CT molecular complexity index is 497. The summed E-state index contributed by atoms with van der Waals surface area (Å²) < 4.78 is 1.36. The molecule has 1 rings (SSSR count). The van der Waals surface area contributed by atoms with Gasteiger partial charge in [-0.15, -0.1) is 0 Å². The van der Waals surface area contributed by atoms with E-state index in [9.17, 15) is 14.9 Å². The quantitative estimate of drug-likeness (QED) is 0.615. The molecule has 1 aromatic heterocycles. The molecule has 1 atom stereocenters. The molecule has 0 spiro atoms. The largest absolute Gasteiger partial charge is 0.480 e. The van der Waals surface area contributed by atoms with Crippen LogP contribution in [0.5, 0.6) is 0 Å². The summed E-state index contributed by atoms with van der Waals surface area (Å²) in [6, 6.07) is -0.821. The van der Waals surface area contributed by atoms with Gasteiger partial charge >= 0.3 is 11.7 Å². The van der Waals surface area contributed by atoms with Crippen LogP contribution in [-0.4, -0.2) is 38.9 Å². The third-order valence-electron chi connectivity index (χ3n) is 3.05. The van der Waals surface area contributed by atoms with Crippen LogP contribution in [-0.2, 0) is 18.3 Å². The van der Waals surface area contributed by atoms with Gasteiger partial charge in [0.1, 0.15) is 11.7 Å². The fraction of sp³-hybridized carbons (Fsp3) is 0.636. The molecule has 0 amide bonds. The van der Waals surface area contributed by atoms with Gasteiger partial charge in [-0.25, -0.2) is 9.48 Å². The monoisotopic (exact) mass is 270 g/mol. The predicted octanol–water partition coefficient (Wildman–Crippen LogP) is 1.19. The molecule has 0 fully saturated rings. The van der Waals surface area contributed by atoms with Crippen molar-refractivity contribution in [3.63, 3.8) is 0 Å². The van der Waals surface area contributed by atoms with Gasteiger partial charge in [-0.3, -0.25) is 10.1 Å². The van der Waals surface area contributed by atoms with Gasteiger partial charge < -0.3 is 10.0 Å². The topological polar surface area (TPSA) is 102 Å². The molecular formula is C11H18N4O4. The summed E-state index contributed by atoms with van der Waals surface area (Å²) in [4.78, 5) is 23.2. The van der Waals surface area contributed by atoms with Crippen molar-refractivity contribution in [2.75, 3.05) is 11.9 Å². The van der Waals surface area contributed by atoms with E-state index in [0.717, 1.165) is 0 Å². The van der Waals surface area contributed by atoms with Crippen molar-refractivity contribution in [3.8, 4) is 0 Å². The summed E-state index contributed by atoms with van der Waals surface area (Å²) in [5, 5.41) is 24.4.